The smallest absolute Gasteiger partial charge is 0.225 e. The number of carbonyl (C=O) groups excluding carboxylic acids is 1. The summed E-state index contributed by atoms with van der Waals surface area (Å²) in [6.45, 7) is 4.86. The van der Waals surface area contributed by atoms with Crippen molar-refractivity contribution in [1.29, 1.82) is 0 Å². The molecule has 0 aliphatic carbocycles. The van der Waals surface area contributed by atoms with E-state index in [9.17, 15) is 4.79 Å². The predicted molar refractivity (Wildman–Crippen MR) is 70.6 cm³/mol. The molecule has 1 aromatic rings. The molecule has 6 heteroatoms. The van der Waals surface area contributed by atoms with Crippen LogP contribution in [0.2, 0.25) is 0 Å². The molecule has 1 aliphatic heterocycles. The molecular weight excluding hydrogens is 250 g/mol. The van der Waals surface area contributed by atoms with Gasteiger partial charge in [-0.15, -0.1) is 11.3 Å². The Morgan fingerprint density at radius 1 is 1.72 bits per heavy atom. The van der Waals surface area contributed by atoms with Crippen molar-refractivity contribution >= 4 is 17.2 Å². The van der Waals surface area contributed by atoms with Crippen molar-refractivity contribution in [1.82, 2.24) is 15.2 Å². The Hall–Kier alpha value is -0.980. The summed E-state index contributed by atoms with van der Waals surface area (Å²) in [4.78, 5) is 18.1. The zero-order valence-corrected chi connectivity index (χ0v) is 11.6. The second-order valence-corrected chi connectivity index (χ2v) is 5.57. The molecule has 2 heterocycles. The summed E-state index contributed by atoms with van der Waals surface area (Å²) in [6, 6.07) is 0. The second kappa shape index (κ2) is 6.26. The molecule has 0 radical (unpaired) electrons. The van der Waals surface area contributed by atoms with Crippen molar-refractivity contribution in [2.75, 3.05) is 26.7 Å². The van der Waals surface area contributed by atoms with E-state index in [0.29, 0.717) is 19.6 Å². The highest BCUT2D eigenvalue weighted by atomic mass is 32.1. The quantitative estimate of drug-likeness (QED) is 0.878. The number of carbonyl (C=O) groups is 1. The molecule has 18 heavy (non-hydrogen) atoms. The molecule has 1 amide bonds. The van der Waals surface area contributed by atoms with Crippen molar-refractivity contribution in [3.05, 3.63) is 16.1 Å². The lowest BCUT2D eigenvalue weighted by atomic mass is 10.2. The van der Waals surface area contributed by atoms with Crippen LogP contribution in [0, 0.1) is 6.92 Å². The van der Waals surface area contributed by atoms with Crippen LogP contribution in [0.4, 0.5) is 0 Å². The van der Waals surface area contributed by atoms with Crippen LogP contribution in [-0.4, -0.2) is 48.6 Å². The van der Waals surface area contributed by atoms with E-state index in [-0.39, 0.29) is 12.0 Å². The Balaban J connectivity index is 1.80. The van der Waals surface area contributed by atoms with E-state index in [1.165, 1.54) is 0 Å². The minimum absolute atomic E-state index is 0.00544. The molecule has 1 saturated heterocycles. The van der Waals surface area contributed by atoms with Gasteiger partial charge in [0.2, 0.25) is 5.91 Å². The van der Waals surface area contributed by atoms with Crippen LogP contribution in [0.3, 0.4) is 0 Å². The average Bonchev–Trinajstić information content (AvgIpc) is 2.76. The highest BCUT2D eigenvalue weighted by Gasteiger charge is 2.20. The first-order chi connectivity index (χ1) is 8.65. The summed E-state index contributed by atoms with van der Waals surface area (Å²) in [5, 5.41) is 6.26. The van der Waals surface area contributed by atoms with Crippen LogP contribution in [0.5, 0.6) is 0 Å². The number of hydrogen-bond donors (Lipinski definition) is 1. The topological polar surface area (TPSA) is 54.5 Å². The Morgan fingerprint density at radius 3 is 3.17 bits per heavy atom. The van der Waals surface area contributed by atoms with Crippen molar-refractivity contribution in [2.45, 2.75) is 26.0 Å². The maximum Gasteiger partial charge on any atom is 0.225 e. The lowest BCUT2D eigenvalue weighted by Gasteiger charge is -2.25. The number of nitrogens with one attached hydrogen (secondary N) is 1. The molecule has 1 fully saturated rings. The number of morpholine rings is 1. The first-order valence-corrected chi connectivity index (χ1v) is 7.00. The summed E-state index contributed by atoms with van der Waals surface area (Å²) in [7, 11) is 1.81. The van der Waals surface area contributed by atoms with Crippen LogP contribution in [0.15, 0.2) is 5.38 Å². The summed E-state index contributed by atoms with van der Waals surface area (Å²) in [5.41, 5.74) is 0.955. The number of amides is 1. The third-order valence-corrected chi connectivity index (χ3v) is 3.72. The maximum absolute atomic E-state index is 12.0. The first kappa shape index (κ1) is 13.5. The van der Waals surface area contributed by atoms with E-state index < -0.39 is 0 Å². The second-order valence-electron chi connectivity index (χ2n) is 4.51. The van der Waals surface area contributed by atoms with Crippen LogP contribution >= 0.6 is 11.3 Å². The van der Waals surface area contributed by atoms with Gasteiger partial charge in [-0.3, -0.25) is 4.79 Å². The first-order valence-electron chi connectivity index (χ1n) is 6.12. The van der Waals surface area contributed by atoms with Crippen LogP contribution in [0.25, 0.3) is 0 Å². The fraction of sp³-hybridized carbons (Fsp3) is 0.667. The zero-order valence-electron chi connectivity index (χ0n) is 10.8. The molecule has 0 saturated carbocycles. The predicted octanol–water partition coefficient (Wildman–Crippen LogP) is 0.788. The van der Waals surface area contributed by atoms with Crippen molar-refractivity contribution in [3.8, 4) is 0 Å². The third-order valence-electron chi connectivity index (χ3n) is 2.90. The van der Waals surface area contributed by atoms with Crippen LogP contribution < -0.4 is 5.32 Å². The number of aryl methyl sites for hydroxylation is 1. The number of thiazole rings is 1. The van der Waals surface area contributed by atoms with E-state index in [4.69, 9.17) is 4.74 Å². The van der Waals surface area contributed by atoms with E-state index in [2.05, 4.69) is 10.3 Å². The summed E-state index contributed by atoms with van der Waals surface area (Å²) >= 11 is 1.61. The molecule has 100 valence electrons. The number of hydrogen-bond acceptors (Lipinski definition) is 5. The maximum atomic E-state index is 12.0. The standard InChI is InChI=1S/C12H19N3O2S/c1-9-14-10(8-18-9)7-15(2)12(16)5-11-6-13-3-4-17-11/h8,11,13H,3-7H2,1-2H3. The molecule has 0 spiro atoms. The molecule has 0 aromatic carbocycles. The van der Waals surface area contributed by atoms with Gasteiger partial charge < -0.3 is 15.0 Å². The van der Waals surface area contributed by atoms with Gasteiger partial charge >= 0.3 is 0 Å². The van der Waals surface area contributed by atoms with Crippen molar-refractivity contribution in [3.63, 3.8) is 0 Å². The lowest BCUT2D eigenvalue weighted by molar-refractivity contribution is -0.134. The Morgan fingerprint density at radius 2 is 2.56 bits per heavy atom. The van der Waals surface area contributed by atoms with Gasteiger partial charge in [-0.25, -0.2) is 4.98 Å². The molecular formula is C12H19N3O2S. The molecule has 2 rings (SSSR count). The highest BCUT2D eigenvalue weighted by Crippen LogP contribution is 2.11. The summed E-state index contributed by atoms with van der Waals surface area (Å²) in [5.74, 6) is 0.106. The molecule has 5 nitrogen and oxygen atoms in total. The Kier molecular flexibility index (Phi) is 4.68. The molecule has 0 bridgehead atoms. The molecule has 1 aliphatic rings. The van der Waals surface area contributed by atoms with E-state index >= 15 is 0 Å². The highest BCUT2D eigenvalue weighted by molar-refractivity contribution is 7.09. The fourth-order valence-corrected chi connectivity index (χ4v) is 2.52. The van der Waals surface area contributed by atoms with E-state index in [1.807, 2.05) is 19.4 Å². The third kappa shape index (κ3) is 3.76. The number of aromatic nitrogens is 1. The normalized spacial score (nSPS) is 19.8. The number of ether oxygens (including phenoxy) is 1. The van der Waals surface area contributed by atoms with Crippen molar-refractivity contribution < 1.29 is 9.53 Å². The average molecular weight is 269 g/mol. The monoisotopic (exact) mass is 269 g/mol. The van der Waals surface area contributed by atoms with Crippen molar-refractivity contribution in [2.24, 2.45) is 0 Å². The molecule has 1 aromatic heterocycles. The zero-order chi connectivity index (χ0) is 13.0. The number of nitrogens with zero attached hydrogens (tertiary/aromatic N) is 2. The van der Waals surface area contributed by atoms with Gasteiger partial charge in [-0.1, -0.05) is 0 Å². The van der Waals surface area contributed by atoms with Gasteiger partial charge in [0.25, 0.3) is 0 Å². The van der Waals surface area contributed by atoms with Crippen LogP contribution in [-0.2, 0) is 16.1 Å². The van der Waals surface area contributed by atoms with Gasteiger partial charge in [0.1, 0.15) is 0 Å². The minimum Gasteiger partial charge on any atom is -0.375 e. The Labute approximate surface area is 111 Å². The van der Waals surface area contributed by atoms with Gasteiger partial charge in [-0.2, -0.15) is 0 Å². The fourth-order valence-electron chi connectivity index (χ4n) is 1.91. The SMILES string of the molecule is Cc1nc(CN(C)C(=O)CC2CNCCO2)cs1. The van der Waals surface area contributed by atoms with Crippen LogP contribution in [0.1, 0.15) is 17.1 Å². The van der Waals surface area contributed by atoms with Gasteiger partial charge in [0.05, 0.1) is 36.4 Å². The van der Waals surface area contributed by atoms with E-state index in [0.717, 1.165) is 23.8 Å². The minimum atomic E-state index is 0.00544. The van der Waals surface area contributed by atoms with Gasteiger partial charge in [-0.05, 0) is 6.92 Å². The molecule has 1 unspecified atom stereocenters. The van der Waals surface area contributed by atoms with Gasteiger partial charge in [0.15, 0.2) is 0 Å². The largest absolute Gasteiger partial charge is 0.375 e. The number of rotatable bonds is 4. The molecule has 1 N–H and O–H groups in total. The summed E-state index contributed by atoms with van der Waals surface area (Å²) in [6.07, 6.45) is 0.443. The van der Waals surface area contributed by atoms with Gasteiger partial charge in [0, 0.05) is 25.5 Å². The summed E-state index contributed by atoms with van der Waals surface area (Å²) < 4.78 is 5.53. The van der Waals surface area contributed by atoms with E-state index in [1.54, 1.807) is 16.2 Å². The molecule has 1 atom stereocenters. The lowest BCUT2D eigenvalue weighted by Crippen LogP contribution is -2.41. The Bertz CT molecular complexity index is 402.